The Morgan fingerprint density at radius 2 is 1.62 bits per heavy atom. The normalized spacial score (nSPS) is 20.0. The van der Waals surface area contributed by atoms with E-state index in [4.69, 9.17) is 18.9 Å². The molecule has 3 aliphatic rings. The molecule has 2 atom stereocenters. The maximum Gasteiger partial charge on any atom is 0.254 e. The van der Waals surface area contributed by atoms with E-state index in [-0.39, 0.29) is 18.6 Å². The molecule has 0 unspecified atom stereocenters. The Bertz CT molecular complexity index is 1490. The number of carbonyl (C=O) groups excluding carboxylic acids is 2. The zero-order chi connectivity index (χ0) is 29.4. The van der Waals surface area contributed by atoms with Gasteiger partial charge in [0.05, 0.1) is 26.2 Å². The molecular formula is C32H35N3O6S. The van der Waals surface area contributed by atoms with Gasteiger partial charge in [-0.2, -0.15) is 0 Å². The molecule has 1 fully saturated rings. The zero-order valence-corrected chi connectivity index (χ0v) is 25.1. The monoisotopic (exact) mass is 589 g/mol. The largest absolute Gasteiger partial charge is 0.493 e. The van der Waals surface area contributed by atoms with Crippen LogP contribution in [-0.2, 0) is 11.3 Å². The Labute approximate surface area is 250 Å². The number of hydrogen-bond acceptors (Lipinski definition) is 8. The molecule has 3 aliphatic heterocycles. The van der Waals surface area contributed by atoms with E-state index < -0.39 is 12.0 Å². The van der Waals surface area contributed by atoms with Gasteiger partial charge >= 0.3 is 0 Å². The summed E-state index contributed by atoms with van der Waals surface area (Å²) in [5, 5.41) is 0. The second-order valence-corrected chi connectivity index (χ2v) is 11.6. The smallest absolute Gasteiger partial charge is 0.254 e. The van der Waals surface area contributed by atoms with Crippen molar-refractivity contribution in [1.29, 1.82) is 0 Å². The van der Waals surface area contributed by atoms with Crippen molar-refractivity contribution >= 4 is 23.6 Å². The van der Waals surface area contributed by atoms with Gasteiger partial charge in [-0.1, -0.05) is 18.2 Å². The fourth-order valence-electron chi connectivity index (χ4n) is 6.15. The van der Waals surface area contributed by atoms with E-state index in [9.17, 15) is 9.59 Å². The van der Waals surface area contributed by atoms with Crippen LogP contribution < -0.4 is 18.9 Å². The number of piperazine rings is 1. The minimum atomic E-state index is -0.594. The maximum atomic E-state index is 14.5. The molecule has 220 valence electrons. The quantitative estimate of drug-likeness (QED) is 0.375. The highest BCUT2D eigenvalue weighted by Gasteiger charge is 2.45. The SMILES string of the molecule is COc1cc2c(cc1OC)[C@H](C(=O)N1CCN(Cc3ccc4c(c3)OCO4)CC1)[C@@H](c1ccc(SC)cc1)N(C)C2=O. The van der Waals surface area contributed by atoms with Gasteiger partial charge in [-0.25, -0.2) is 0 Å². The molecule has 3 aromatic rings. The summed E-state index contributed by atoms with van der Waals surface area (Å²) in [6.45, 7) is 3.70. The van der Waals surface area contributed by atoms with Gasteiger partial charge in [0.25, 0.3) is 5.91 Å². The summed E-state index contributed by atoms with van der Waals surface area (Å²) in [5.74, 6) is 1.77. The topological polar surface area (TPSA) is 80.8 Å². The lowest BCUT2D eigenvalue weighted by atomic mass is 9.78. The molecule has 0 saturated carbocycles. The Morgan fingerprint density at radius 1 is 0.929 bits per heavy atom. The number of nitrogens with zero attached hydrogens (tertiary/aromatic N) is 3. The minimum absolute atomic E-state index is 0.00416. The van der Waals surface area contributed by atoms with Crippen LogP contribution in [0.2, 0.25) is 0 Å². The van der Waals surface area contributed by atoms with Crippen LogP contribution >= 0.6 is 11.8 Å². The Balaban J connectivity index is 1.29. The van der Waals surface area contributed by atoms with E-state index in [1.807, 2.05) is 47.6 Å². The molecule has 0 N–H and O–H groups in total. The minimum Gasteiger partial charge on any atom is -0.493 e. The first-order valence-corrected chi connectivity index (χ1v) is 15.2. The van der Waals surface area contributed by atoms with Gasteiger partial charge in [-0.05, 0) is 59.3 Å². The van der Waals surface area contributed by atoms with Gasteiger partial charge < -0.3 is 28.7 Å². The molecule has 0 aliphatic carbocycles. The number of carbonyl (C=O) groups is 2. The summed E-state index contributed by atoms with van der Waals surface area (Å²) in [6.07, 6.45) is 2.03. The Kier molecular flexibility index (Phi) is 7.92. The van der Waals surface area contributed by atoms with Crippen LogP contribution in [-0.4, -0.2) is 87.0 Å². The van der Waals surface area contributed by atoms with Crippen LogP contribution in [0, 0.1) is 0 Å². The lowest BCUT2D eigenvalue weighted by Crippen LogP contribution is -2.52. The maximum absolute atomic E-state index is 14.5. The number of thioether (sulfide) groups is 1. The van der Waals surface area contributed by atoms with E-state index in [0.717, 1.165) is 47.2 Å². The van der Waals surface area contributed by atoms with Crippen molar-refractivity contribution in [2.45, 2.75) is 23.4 Å². The van der Waals surface area contributed by atoms with Gasteiger partial charge in [0.15, 0.2) is 23.0 Å². The average molecular weight is 590 g/mol. The fraction of sp³-hybridized carbons (Fsp3) is 0.375. The molecule has 0 radical (unpaired) electrons. The molecule has 42 heavy (non-hydrogen) atoms. The van der Waals surface area contributed by atoms with Crippen LogP contribution in [0.25, 0.3) is 0 Å². The van der Waals surface area contributed by atoms with Gasteiger partial charge in [0, 0.05) is 50.2 Å². The predicted octanol–water partition coefficient (Wildman–Crippen LogP) is 4.41. The second-order valence-electron chi connectivity index (χ2n) is 10.7. The number of benzene rings is 3. The first-order valence-electron chi connectivity index (χ1n) is 14.0. The lowest BCUT2D eigenvalue weighted by molar-refractivity contribution is -0.136. The molecule has 1 saturated heterocycles. The standard InChI is InChI=1S/C32H35N3O6S/c1-33-30(21-6-8-22(42-4)9-7-21)29(23-16-26(38-2)27(39-3)17-24(23)31(33)36)32(37)35-13-11-34(12-14-35)18-20-5-10-25-28(15-20)41-19-40-25/h5-10,15-17,29-30H,11-14,18-19H2,1-4H3/t29-,30+/m0/s1. The molecule has 0 spiro atoms. The molecule has 6 rings (SSSR count). The van der Waals surface area contributed by atoms with Crippen molar-refractivity contribution < 1.29 is 28.5 Å². The molecule has 2 amide bonds. The first-order chi connectivity index (χ1) is 20.4. The number of amides is 2. The molecule has 3 aromatic carbocycles. The summed E-state index contributed by atoms with van der Waals surface area (Å²) in [6, 6.07) is 17.2. The van der Waals surface area contributed by atoms with Crippen LogP contribution in [0.5, 0.6) is 23.0 Å². The molecular weight excluding hydrogens is 554 g/mol. The van der Waals surface area contributed by atoms with Crippen molar-refractivity contribution in [2.24, 2.45) is 0 Å². The third-order valence-corrected chi connectivity index (χ3v) is 9.17. The molecule has 10 heteroatoms. The van der Waals surface area contributed by atoms with Gasteiger partial charge in [0.2, 0.25) is 12.7 Å². The van der Waals surface area contributed by atoms with Gasteiger partial charge in [-0.15, -0.1) is 11.8 Å². The Hall–Kier alpha value is -3.89. The summed E-state index contributed by atoms with van der Waals surface area (Å²) >= 11 is 1.66. The predicted molar refractivity (Wildman–Crippen MR) is 160 cm³/mol. The first kappa shape index (κ1) is 28.2. The van der Waals surface area contributed by atoms with E-state index in [1.165, 1.54) is 0 Å². The van der Waals surface area contributed by atoms with Crippen LogP contribution in [0.3, 0.4) is 0 Å². The summed E-state index contributed by atoms with van der Waals surface area (Å²) in [4.78, 5) is 35.3. The van der Waals surface area contributed by atoms with Crippen LogP contribution in [0.4, 0.5) is 0 Å². The highest BCUT2D eigenvalue weighted by molar-refractivity contribution is 7.98. The highest BCUT2D eigenvalue weighted by atomic mass is 32.2. The summed E-state index contributed by atoms with van der Waals surface area (Å²) in [5.41, 5.74) is 3.20. The van der Waals surface area contributed by atoms with E-state index in [2.05, 4.69) is 11.0 Å². The van der Waals surface area contributed by atoms with Crippen molar-refractivity contribution in [3.63, 3.8) is 0 Å². The number of likely N-dealkylation sites (N-methyl/N-ethyl adjacent to an activating group) is 1. The van der Waals surface area contributed by atoms with Crippen LogP contribution in [0.1, 0.15) is 39.0 Å². The van der Waals surface area contributed by atoms with E-state index in [1.54, 1.807) is 50.1 Å². The van der Waals surface area contributed by atoms with Crippen molar-refractivity contribution in [2.75, 3.05) is 60.5 Å². The highest BCUT2D eigenvalue weighted by Crippen LogP contribution is 2.46. The van der Waals surface area contributed by atoms with E-state index in [0.29, 0.717) is 35.7 Å². The third-order valence-electron chi connectivity index (χ3n) is 8.43. The van der Waals surface area contributed by atoms with Crippen LogP contribution in [0.15, 0.2) is 59.5 Å². The number of methoxy groups -OCH3 is 2. The average Bonchev–Trinajstić information content (AvgIpc) is 3.50. The van der Waals surface area contributed by atoms with Crippen molar-refractivity contribution in [3.8, 4) is 23.0 Å². The molecule has 0 aromatic heterocycles. The summed E-state index contributed by atoms with van der Waals surface area (Å²) < 4.78 is 22.1. The zero-order valence-electron chi connectivity index (χ0n) is 24.3. The number of hydrogen-bond donors (Lipinski definition) is 0. The molecule has 0 bridgehead atoms. The van der Waals surface area contributed by atoms with Crippen molar-refractivity contribution in [1.82, 2.24) is 14.7 Å². The third kappa shape index (κ3) is 5.13. The Morgan fingerprint density at radius 3 is 2.31 bits per heavy atom. The number of fused-ring (bicyclic) bond motifs is 2. The van der Waals surface area contributed by atoms with Gasteiger partial charge in [-0.3, -0.25) is 14.5 Å². The van der Waals surface area contributed by atoms with Gasteiger partial charge in [0.1, 0.15) is 0 Å². The fourth-order valence-corrected chi connectivity index (χ4v) is 6.56. The number of ether oxygens (including phenoxy) is 4. The van der Waals surface area contributed by atoms with Crippen molar-refractivity contribution in [3.05, 3.63) is 76.9 Å². The summed E-state index contributed by atoms with van der Waals surface area (Å²) in [7, 11) is 4.89. The molecule has 3 heterocycles. The lowest BCUT2D eigenvalue weighted by Gasteiger charge is -2.43. The second kappa shape index (κ2) is 11.8. The van der Waals surface area contributed by atoms with E-state index >= 15 is 0 Å². The number of rotatable bonds is 7. The molecule has 9 nitrogen and oxygen atoms in total.